The summed E-state index contributed by atoms with van der Waals surface area (Å²) in [6.07, 6.45) is 6.87. The van der Waals surface area contributed by atoms with Crippen molar-refractivity contribution in [2.75, 3.05) is 24.5 Å². The molecular weight excluding hydrogens is 286 g/mol. The second-order valence-corrected chi connectivity index (χ2v) is 6.22. The van der Waals surface area contributed by atoms with E-state index < -0.39 is 0 Å². The molecule has 2 rings (SSSR count). The standard InChI is InChI=1S/C18H31N5/c1-4-15(3)22-18(19-5-2)21-14-16-9-10-20-17(13-16)23-11-7-6-8-12-23/h9-10,13,15H,4-8,11-12,14H2,1-3H3,(H2,19,21,22). The quantitative estimate of drug-likeness (QED) is 0.626. The number of piperidine rings is 1. The van der Waals surface area contributed by atoms with Crippen LogP contribution < -0.4 is 15.5 Å². The lowest BCUT2D eigenvalue weighted by Gasteiger charge is -2.27. The fourth-order valence-electron chi connectivity index (χ4n) is 2.68. The van der Waals surface area contributed by atoms with Crippen LogP contribution in [0.2, 0.25) is 0 Å². The number of pyridine rings is 1. The minimum absolute atomic E-state index is 0.425. The maximum absolute atomic E-state index is 4.71. The summed E-state index contributed by atoms with van der Waals surface area (Å²) in [4.78, 5) is 11.6. The zero-order chi connectivity index (χ0) is 16.5. The van der Waals surface area contributed by atoms with Gasteiger partial charge in [-0.2, -0.15) is 0 Å². The molecule has 0 radical (unpaired) electrons. The maximum atomic E-state index is 4.71. The van der Waals surface area contributed by atoms with E-state index in [1.165, 1.54) is 24.8 Å². The Morgan fingerprint density at radius 2 is 2.09 bits per heavy atom. The zero-order valence-corrected chi connectivity index (χ0v) is 14.8. The Kier molecular flexibility index (Phi) is 7.17. The molecule has 1 unspecified atom stereocenters. The summed E-state index contributed by atoms with van der Waals surface area (Å²) in [6, 6.07) is 4.67. The van der Waals surface area contributed by atoms with Crippen molar-refractivity contribution in [2.45, 2.75) is 59.0 Å². The highest BCUT2D eigenvalue weighted by Gasteiger charge is 2.12. The van der Waals surface area contributed by atoms with Gasteiger partial charge in [-0.3, -0.25) is 0 Å². The van der Waals surface area contributed by atoms with Gasteiger partial charge in [0.05, 0.1) is 6.54 Å². The minimum atomic E-state index is 0.425. The summed E-state index contributed by atoms with van der Waals surface area (Å²) in [5.74, 6) is 1.98. The minimum Gasteiger partial charge on any atom is -0.357 e. The van der Waals surface area contributed by atoms with Crippen LogP contribution in [0.25, 0.3) is 0 Å². The largest absolute Gasteiger partial charge is 0.357 e. The van der Waals surface area contributed by atoms with Crippen molar-refractivity contribution in [3.8, 4) is 0 Å². The molecule has 5 heteroatoms. The Morgan fingerprint density at radius 1 is 1.30 bits per heavy atom. The highest BCUT2D eigenvalue weighted by molar-refractivity contribution is 5.80. The number of aliphatic imine (C=N–C) groups is 1. The van der Waals surface area contributed by atoms with E-state index in [2.05, 4.69) is 53.4 Å². The van der Waals surface area contributed by atoms with Crippen LogP contribution in [0.15, 0.2) is 23.3 Å². The molecule has 2 N–H and O–H groups in total. The third kappa shape index (κ3) is 5.73. The van der Waals surface area contributed by atoms with Gasteiger partial charge in [-0.15, -0.1) is 0 Å². The first-order chi connectivity index (χ1) is 11.2. The van der Waals surface area contributed by atoms with Crippen LogP contribution in [0.5, 0.6) is 0 Å². The molecule has 0 saturated carbocycles. The lowest BCUT2D eigenvalue weighted by Crippen LogP contribution is -2.41. The number of aromatic nitrogens is 1. The van der Waals surface area contributed by atoms with Crippen LogP contribution in [-0.4, -0.2) is 36.6 Å². The molecule has 2 heterocycles. The summed E-state index contributed by atoms with van der Waals surface area (Å²) >= 11 is 0. The molecule has 1 fully saturated rings. The van der Waals surface area contributed by atoms with E-state index in [9.17, 15) is 0 Å². The first kappa shape index (κ1) is 17.6. The number of hydrogen-bond acceptors (Lipinski definition) is 3. The van der Waals surface area contributed by atoms with Crippen LogP contribution >= 0.6 is 0 Å². The van der Waals surface area contributed by atoms with Crippen molar-refractivity contribution in [3.63, 3.8) is 0 Å². The Hall–Kier alpha value is -1.78. The Morgan fingerprint density at radius 3 is 2.78 bits per heavy atom. The lowest BCUT2D eigenvalue weighted by atomic mass is 10.1. The second-order valence-electron chi connectivity index (χ2n) is 6.22. The van der Waals surface area contributed by atoms with Crippen LogP contribution in [0, 0.1) is 0 Å². The lowest BCUT2D eigenvalue weighted by molar-refractivity contribution is 0.573. The third-order valence-electron chi connectivity index (χ3n) is 4.25. The smallest absolute Gasteiger partial charge is 0.191 e. The molecule has 0 aromatic carbocycles. The Balaban J connectivity index is 2.01. The summed E-state index contributed by atoms with van der Waals surface area (Å²) in [7, 11) is 0. The topological polar surface area (TPSA) is 52.6 Å². The number of nitrogens with zero attached hydrogens (tertiary/aromatic N) is 3. The maximum Gasteiger partial charge on any atom is 0.191 e. The van der Waals surface area contributed by atoms with Crippen LogP contribution in [0.4, 0.5) is 5.82 Å². The van der Waals surface area contributed by atoms with E-state index >= 15 is 0 Å². The summed E-state index contributed by atoms with van der Waals surface area (Å²) in [5, 5.41) is 6.74. The average Bonchev–Trinajstić information content (AvgIpc) is 2.61. The number of nitrogens with one attached hydrogen (secondary N) is 2. The van der Waals surface area contributed by atoms with E-state index in [1.54, 1.807) is 0 Å². The van der Waals surface area contributed by atoms with Gasteiger partial charge in [-0.05, 0) is 57.2 Å². The first-order valence-electron chi connectivity index (χ1n) is 8.97. The normalized spacial score (nSPS) is 17.0. The van der Waals surface area contributed by atoms with Crippen LogP contribution in [0.1, 0.15) is 52.0 Å². The number of rotatable bonds is 6. The fraction of sp³-hybridized carbons (Fsp3) is 0.667. The van der Waals surface area contributed by atoms with Gasteiger partial charge in [-0.1, -0.05) is 6.92 Å². The summed E-state index contributed by atoms with van der Waals surface area (Å²) in [5.41, 5.74) is 1.21. The predicted molar refractivity (Wildman–Crippen MR) is 98.0 cm³/mol. The zero-order valence-electron chi connectivity index (χ0n) is 14.8. The van der Waals surface area contributed by atoms with Gasteiger partial charge in [0.25, 0.3) is 0 Å². The van der Waals surface area contributed by atoms with Crippen LogP contribution in [0.3, 0.4) is 0 Å². The van der Waals surface area contributed by atoms with Crippen LogP contribution in [-0.2, 0) is 6.54 Å². The SMILES string of the molecule is CCNC(=NCc1ccnc(N2CCCCC2)c1)NC(C)CC. The van der Waals surface area contributed by atoms with Gasteiger partial charge >= 0.3 is 0 Å². The second kappa shape index (κ2) is 9.38. The molecule has 0 spiro atoms. The van der Waals surface area contributed by atoms with E-state index in [-0.39, 0.29) is 0 Å². The van der Waals surface area contributed by atoms with Gasteiger partial charge in [0.1, 0.15) is 5.82 Å². The van der Waals surface area contributed by atoms with Gasteiger partial charge in [0, 0.05) is 31.9 Å². The molecule has 1 saturated heterocycles. The van der Waals surface area contributed by atoms with Gasteiger partial charge in [-0.25, -0.2) is 9.98 Å². The fourth-order valence-corrected chi connectivity index (χ4v) is 2.68. The molecule has 0 amide bonds. The van der Waals surface area contributed by atoms with E-state index in [1.807, 2.05) is 6.20 Å². The molecule has 0 aliphatic carbocycles. The predicted octanol–water partition coefficient (Wildman–Crippen LogP) is 2.93. The van der Waals surface area contributed by atoms with Gasteiger partial charge < -0.3 is 15.5 Å². The molecule has 1 atom stereocenters. The molecule has 5 nitrogen and oxygen atoms in total. The van der Waals surface area contributed by atoms with Crippen molar-refractivity contribution in [3.05, 3.63) is 23.9 Å². The number of guanidine groups is 1. The van der Waals surface area contributed by atoms with E-state index in [4.69, 9.17) is 4.99 Å². The molecule has 1 aliphatic heterocycles. The van der Waals surface area contributed by atoms with E-state index in [0.717, 1.165) is 37.8 Å². The Bertz CT molecular complexity index is 494. The van der Waals surface area contributed by atoms with Crippen molar-refractivity contribution < 1.29 is 0 Å². The highest BCUT2D eigenvalue weighted by atomic mass is 15.2. The third-order valence-corrected chi connectivity index (χ3v) is 4.25. The van der Waals surface area contributed by atoms with Gasteiger partial charge in [0.15, 0.2) is 5.96 Å². The Labute approximate surface area is 140 Å². The molecule has 128 valence electrons. The average molecular weight is 317 g/mol. The number of anilines is 1. The van der Waals surface area contributed by atoms with E-state index in [0.29, 0.717) is 12.6 Å². The summed E-state index contributed by atoms with van der Waals surface area (Å²) < 4.78 is 0. The molecule has 0 bridgehead atoms. The van der Waals surface area contributed by atoms with Gasteiger partial charge in [0.2, 0.25) is 0 Å². The molecule has 1 aromatic rings. The molecule has 1 aliphatic rings. The van der Waals surface area contributed by atoms with Crippen molar-refractivity contribution in [1.29, 1.82) is 0 Å². The molecule has 1 aromatic heterocycles. The van der Waals surface area contributed by atoms with Crippen molar-refractivity contribution in [2.24, 2.45) is 4.99 Å². The number of hydrogen-bond donors (Lipinski definition) is 2. The molecular formula is C18H31N5. The van der Waals surface area contributed by atoms with Crippen molar-refractivity contribution in [1.82, 2.24) is 15.6 Å². The summed E-state index contributed by atoms with van der Waals surface area (Å²) in [6.45, 7) is 10.2. The van der Waals surface area contributed by atoms with Crippen molar-refractivity contribution >= 4 is 11.8 Å². The monoisotopic (exact) mass is 317 g/mol. The molecule has 23 heavy (non-hydrogen) atoms. The first-order valence-corrected chi connectivity index (χ1v) is 8.97. The highest BCUT2D eigenvalue weighted by Crippen LogP contribution is 2.18.